The summed E-state index contributed by atoms with van der Waals surface area (Å²) in [7, 11) is 3.84. The highest BCUT2D eigenvalue weighted by atomic mass is 16.5. The molecule has 132 valence electrons. The first-order chi connectivity index (χ1) is 11.9. The van der Waals surface area contributed by atoms with Crippen LogP contribution in [0.25, 0.3) is 0 Å². The highest BCUT2D eigenvalue weighted by Gasteiger charge is 2.05. The first-order valence-electron chi connectivity index (χ1n) is 7.73. The molecule has 0 radical (unpaired) electrons. The van der Waals surface area contributed by atoms with Gasteiger partial charge in [0.25, 0.3) is 0 Å². The van der Waals surface area contributed by atoms with E-state index in [-0.39, 0.29) is 0 Å². The molecule has 0 spiro atoms. The Morgan fingerprint density at radius 3 is 2.28 bits per heavy atom. The fourth-order valence-corrected chi connectivity index (χ4v) is 1.89. The number of rotatable bonds is 6. The number of nitriles is 1. The van der Waals surface area contributed by atoms with Crippen LogP contribution in [0.2, 0.25) is 0 Å². The van der Waals surface area contributed by atoms with Gasteiger partial charge in [0, 0.05) is 12.1 Å². The van der Waals surface area contributed by atoms with Crippen molar-refractivity contribution in [3.63, 3.8) is 0 Å². The molecular formula is C19H23N3O3. The lowest BCUT2D eigenvalue weighted by molar-refractivity contribution is 0.0831. The van der Waals surface area contributed by atoms with E-state index in [9.17, 15) is 9.90 Å². The van der Waals surface area contributed by atoms with Gasteiger partial charge in [-0.25, -0.2) is 0 Å². The number of primary amides is 1. The largest absolute Gasteiger partial charge is 0.491 e. The van der Waals surface area contributed by atoms with E-state index in [1.54, 1.807) is 12.1 Å². The maximum Gasteiger partial charge on any atom is 0.248 e. The van der Waals surface area contributed by atoms with Gasteiger partial charge < -0.3 is 20.5 Å². The van der Waals surface area contributed by atoms with Gasteiger partial charge in [0.1, 0.15) is 18.5 Å². The van der Waals surface area contributed by atoms with Crippen LogP contribution in [0.3, 0.4) is 0 Å². The van der Waals surface area contributed by atoms with E-state index >= 15 is 0 Å². The summed E-state index contributed by atoms with van der Waals surface area (Å²) in [4.78, 5) is 12.5. The zero-order valence-corrected chi connectivity index (χ0v) is 14.4. The van der Waals surface area contributed by atoms with Gasteiger partial charge >= 0.3 is 0 Å². The number of nitrogens with zero attached hydrogens (tertiary/aromatic N) is 2. The number of ether oxygens (including phenoxy) is 1. The van der Waals surface area contributed by atoms with Crippen molar-refractivity contribution in [3.05, 3.63) is 65.7 Å². The molecule has 0 aliphatic carbocycles. The van der Waals surface area contributed by atoms with Crippen molar-refractivity contribution in [2.45, 2.75) is 6.10 Å². The third-order valence-electron chi connectivity index (χ3n) is 3.06. The molecule has 2 aromatic rings. The molecule has 0 aromatic heterocycles. The molecule has 2 aromatic carbocycles. The topological polar surface area (TPSA) is 99.6 Å². The summed E-state index contributed by atoms with van der Waals surface area (Å²) in [6.07, 6.45) is -0.440. The first kappa shape index (κ1) is 20.2. The number of aliphatic hydroxyl groups excluding tert-OH is 1. The Hall–Kier alpha value is -2.88. The molecule has 0 aliphatic heterocycles. The van der Waals surface area contributed by atoms with E-state index in [0.717, 1.165) is 5.75 Å². The highest BCUT2D eigenvalue weighted by Crippen LogP contribution is 2.08. The Kier molecular flexibility index (Phi) is 8.72. The standard InChI is InChI=1S/C11H17NO2.C8H6N2O/c1-12(2)8-10(13)9-14-11-6-4-3-5-7-11;9-5-6-1-3-7(4-2-6)8(10)11/h3-7,10,13H,8-9H2,1-2H3;1-4H,(H2,10,11). The maximum atomic E-state index is 10.5. The van der Waals surface area contributed by atoms with Gasteiger partial charge in [-0.1, -0.05) is 18.2 Å². The SMILES string of the molecule is CN(C)CC(O)COc1ccccc1.N#Cc1ccc(C(N)=O)cc1. The fourth-order valence-electron chi connectivity index (χ4n) is 1.89. The minimum atomic E-state index is -0.477. The molecule has 6 heteroatoms. The van der Waals surface area contributed by atoms with Gasteiger partial charge in [-0.2, -0.15) is 5.26 Å². The second-order valence-electron chi connectivity index (χ2n) is 5.59. The molecule has 1 unspecified atom stereocenters. The summed E-state index contributed by atoms with van der Waals surface area (Å²) in [5, 5.41) is 17.9. The number of nitrogens with two attached hydrogens (primary N) is 1. The van der Waals surface area contributed by atoms with Gasteiger partial charge in [-0.3, -0.25) is 4.79 Å². The molecule has 3 N–H and O–H groups in total. The predicted octanol–water partition coefficient (Wildman–Crippen LogP) is 1.65. The van der Waals surface area contributed by atoms with Crippen LogP contribution in [0, 0.1) is 11.3 Å². The Labute approximate surface area is 148 Å². The molecule has 0 fully saturated rings. The molecule has 6 nitrogen and oxygen atoms in total. The van der Waals surface area contributed by atoms with Crippen molar-refractivity contribution in [2.75, 3.05) is 27.2 Å². The quantitative estimate of drug-likeness (QED) is 0.832. The number of likely N-dealkylation sites (N-methyl/N-ethyl adjacent to an activating group) is 1. The summed E-state index contributed by atoms with van der Waals surface area (Å²) in [6, 6.07) is 17.6. The van der Waals surface area contributed by atoms with Crippen LogP contribution < -0.4 is 10.5 Å². The lowest BCUT2D eigenvalue weighted by Crippen LogP contribution is -2.30. The molecule has 25 heavy (non-hydrogen) atoms. The lowest BCUT2D eigenvalue weighted by atomic mass is 10.1. The molecule has 0 aliphatic rings. The van der Waals surface area contributed by atoms with Gasteiger partial charge in [0.05, 0.1) is 11.6 Å². The first-order valence-corrected chi connectivity index (χ1v) is 7.73. The van der Waals surface area contributed by atoms with E-state index < -0.39 is 12.0 Å². The Bertz CT molecular complexity index is 679. The third kappa shape index (κ3) is 8.51. The number of amides is 1. The monoisotopic (exact) mass is 341 g/mol. The summed E-state index contributed by atoms with van der Waals surface area (Å²) in [5.74, 6) is 0.319. The molecule has 0 saturated heterocycles. The summed E-state index contributed by atoms with van der Waals surface area (Å²) in [6.45, 7) is 0.953. The average Bonchev–Trinajstić information content (AvgIpc) is 2.61. The van der Waals surface area contributed by atoms with Crippen molar-refractivity contribution >= 4 is 5.91 Å². The smallest absolute Gasteiger partial charge is 0.248 e. The average molecular weight is 341 g/mol. The normalized spacial score (nSPS) is 11.0. The van der Waals surface area contributed by atoms with Crippen LogP contribution in [0.15, 0.2) is 54.6 Å². The molecule has 0 heterocycles. The van der Waals surface area contributed by atoms with Gasteiger partial charge in [-0.15, -0.1) is 0 Å². The van der Waals surface area contributed by atoms with Crippen LogP contribution in [0.5, 0.6) is 5.75 Å². The number of benzene rings is 2. The number of hydrogen-bond donors (Lipinski definition) is 2. The van der Waals surface area contributed by atoms with Crippen LogP contribution in [0.4, 0.5) is 0 Å². The molecule has 0 saturated carbocycles. The van der Waals surface area contributed by atoms with E-state index in [2.05, 4.69) is 0 Å². The number of carbonyl (C=O) groups is 1. The van der Waals surface area contributed by atoms with Gasteiger partial charge in [-0.05, 0) is 50.5 Å². The predicted molar refractivity (Wildman–Crippen MR) is 96.2 cm³/mol. The molecular weight excluding hydrogens is 318 g/mol. The molecule has 1 amide bonds. The van der Waals surface area contributed by atoms with Crippen molar-refractivity contribution in [1.82, 2.24) is 4.90 Å². The van der Waals surface area contributed by atoms with Crippen molar-refractivity contribution in [1.29, 1.82) is 5.26 Å². The number of aliphatic hydroxyl groups is 1. The van der Waals surface area contributed by atoms with Crippen LogP contribution in [-0.2, 0) is 0 Å². The summed E-state index contributed by atoms with van der Waals surface area (Å²) >= 11 is 0. The number of para-hydroxylation sites is 1. The Morgan fingerprint density at radius 1 is 1.20 bits per heavy atom. The fraction of sp³-hybridized carbons (Fsp3) is 0.263. The van der Waals surface area contributed by atoms with Crippen molar-refractivity contribution in [3.8, 4) is 11.8 Å². The van der Waals surface area contributed by atoms with Gasteiger partial charge in [0.2, 0.25) is 5.91 Å². The van der Waals surface area contributed by atoms with Crippen LogP contribution in [-0.4, -0.2) is 49.3 Å². The summed E-state index contributed by atoms with van der Waals surface area (Å²) < 4.78 is 5.39. The van der Waals surface area contributed by atoms with Gasteiger partial charge in [0.15, 0.2) is 0 Å². The summed E-state index contributed by atoms with van der Waals surface area (Å²) in [5.41, 5.74) is 5.93. The van der Waals surface area contributed by atoms with Crippen molar-refractivity contribution in [2.24, 2.45) is 5.73 Å². The second-order valence-corrected chi connectivity index (χ2v) is 5.59. The van der Waals surface area contributed by atoms with Crippen LogP contribution >= 0.6 is 0 Å². The highest BCUT2D eigenvalue weighted by molar-refractivity contribution is 5.92. The minimum absolute atomic E-state index is 0.336. The maximum absolute atomic E-state index is 10.5. The number of hydrogen-bond acceptors (Lipinski definition) is 5. The van der Waals surface area contributed by atoms with E-state index in [4.69, 9.17) is 15.7 Å². The lowest BCUT2D eigenvalue weighted by Gasteiger charge is -2.16. The Morgan fingerprint density at radius 2 is 1.80 bits per heavy atom. The van der Waals surface area contributed by atoms with E-state index in [0.29, 0.717) is 24.3 Å². The molecule has 0 bridgehead atoms. The minimum Gasteiger partial charge on any atom is -0.491 e. The zero-order valence-electron chi connectivity index (χ0n) is 14.4. The Balaban J connectivity index is 0.000000257. The van der Waals surface area contributed by atoms with E-state index in [1.807, 2.05) is 55.4 Å². The van der Waals surface area contributed by atoms with Crippen LogP contribution in [0.1, 0.15) is 15.9 Å². The molecule has 2 rings (SSSR count). The third-order valence-corrected chi connectivity index (χ3v) is 3.06. The second kappa shape index (κ2) is 10.8. The molecule has 1 atom stereocenters. The number of carbonyl (C=O) groups excluding carboxylic acids is 1. The van der Waals surface area contributed by atoms with E-state index in [1.165, 1.54) is 12.1 Å². The zero-order chi connectivity index (χ0) is 18.7. The van der Waals surface area contributed by atoms with Crippen molar-refractivity contribution < 1.29 is 14.6 Å².